The van der Waals surface area contributed by atoms with Crippen molar-refractivity contribution in [2.75, 3.05) is 37.6 Å². The smallest absolute Gasteiger partial charge is 0.233 e. The number of ether oxygens (including phenoxy) is 2. The minimum Gasteiger partial charge on any atom is -0.497 e. The molecule has 1 aromatic rings. The number of carbonyl (C=O) groups is 2. The number of carbonyl (C=O) groups excluding carboxylic acids is 2. The number of nitrogens with zero attached hydrogens (tertiary/aromatic N) is 1. The first-order valence-electron chi connectivity index (χ1n) is 8.31. The molecule has 1 aliphatic rings. The average molecular weight is 384 g/mol. The van der Waals surface area contributed by atoms with Crippen LogP contribution in [0.5, 0.6) is 11.5 Å². The van der Waals surface area contributed by atoms with Crippen LogP contribution in [-0.4, -0.2) is 63.4 Å². The van der Waals surface area contributed by atoms with Gasteiger partial charge >= 0.3 is 0 Å². The van der Waals surface area contributed by atoms with E-state index in [9.17, 15) is 18.0 Å². The number of benzene rings is 1. The Morgan fingerprint density at radius 3 is 2.54 bits per heavy atom. The van der Waals surface area contributed by atoms with E-state index in [2.05, 4.69) is 5.32 Å². The molecule has 1 N–H and O–H groups in total. The standard InChI is InChI=1S/C17H24N2O6S/c1-4-19(12-7-8-26(22,23)11-12)17(21)10-16(20)18-14-6-5-13(24-2)9-15(14)25-3/h5-6,9,12H,4,7-8,10-11H2,1-3H3,(H,18,20). The van der Waals surface area contributed by atoms with Crippen LogP contribution < -0.4 is 14.8 Å². The summed E-state index contributed by atoms with van der Waals surface area (Å²) in [6.45, 7) is 2.13. The zero-order chi connectivity index (χ0) is 19.3. The molecular formula is C17H24N2O6S. The Kier molecular flexibility index (Phi) is 6.47. The molecule has 1 aliphatic heterocycles. The molecule has 2 amide bonds. The quantitative estimate of drug-likeness (QED) is 0.706. The van der Waals surface area contributed by atoms with Gasteiger partial charge in [0.15, 0.2) is 9.84 Å². The summed E-state index contributed by atoms with van der Waals surface area (Å²) in [4.78, 5) is 26.2. The minimum atomic E-state index is -3.10. The third-order valence-electron chi connectivity index (χ3n) is 4.30. The van der Waals surface area contributed by atoms with Crippen LogP contribution in [0.15, 0.2) is 18.2 Å². The molecule has 0 aliphatic carbocycles. The van der Waals surface area contributed by atoms with Gasteiger partial charge in [-0.3, -0.25) is 9.59 Å². The lowest BCUT2D eigenvalue weighted by molar-refractivity contribution is -0.135. The van der Waals surface area contributed by atoms with Crippen LogP contribution in [0.25, 0.3) is 0 Å². The molecular weight excluding hydrogens is 360 g/mol. The fraction of sp³-hybridized carbons (Fsp3) is 0.529. The summed E-state index contributed by atoms with van der Waals surface area (Å²) >= 11 is 0. The van der Waals surface area contributed by atoms with Crippen LogP contribution in [0.1, 0.15) is 19.8 Å². The van der Waals surface area contributed by atoms with Crippen molar-refractivity contribution < 1.29 is 27.5 Å². The van der Waals surface area contributed by atoms with E-state index in [4.69, 9.17) is 9.47 Å². The number of anilines is 1. The number of hydrogen-bond acceptors (Lipinski definition) is 6. The first-order chi connectivity index (χ1) is 12.3. The second-order valence-corrected chi connectivity index (χ2v) is 8.26. The van der Waals surface area contributed by atoms with Crippen molar-refractivity contribution in [2.45, 2.75) is 25.8 Å². The van der Waals surface area contributed by atoms with Crippen LogP contribution in [-0.2, 0) is 19.4 Å². The van der Waals surface area contributed by atoms with Gasteiger partial charge in [0.2, 0.25) is 11.8 Å². The Morgan fingerprint density at radius 1 is 1.27 bits per heavy atom. The largest absolute Gasteiger partial charge is 0.497 e. The average Bonchev–Trinajstić information content (AvgIpc) is 2.95. The predicted molar refractivity (Wildman–Crippen MR) is 97.2 cm³/mol. The van der Waals surface area contributed by atoms with E-state index in [-0.39, 0.29) is 29.9 Å². The van der Waals surface area contributed by atoms with Gasteiger partial charge < -0.3 is 19.7 Å². The van der Waals surface area contributed by atoms with E-state index >= 15 is 0 Å². The second-order valence-electron chi connectivity index (χ2n) is 6.03. The summed E-state index contributed by atoms with van der Waals surface area (Å²) in [5.41, 5.74) is 0.428. The fourth-order valence-corrected chi connectivity index (χ4v) is 4.73. The van der Waals surface area contributed by atoms with Gasteiger partial charge in [-0.1, -0.05) is 0 Å². The molecule has 1 fully saturated rings. The Balaban J connectivity index is 2.01. The highest BCUT2D eigenvalue weighted by Crippen LogP contribution is 2.29. The molecule has 2 rings (SSSR count). The second kappa shape index (κ2) is 8.39. The molecule has 1 heterocycles. The van der Waals surface area contributed by atoms with Gasteiger partial charge in [-0.25, -0.2) is 8.42 Å². The zero-order valence-electron chi connectivity index (χ0n) is 15.1. The van der Waals surface area contributed by atoms with Crippen molar-refractivity contribution in [3.05, 3.63) is 18.2 Å². The van der Waals surface area contributed by atoms with E-state index in [1.165, 1.54) is 19.1 Å². The summed E-state index contributed by atoms with van der Waals surface area (Å²) < 4.78 is 33.6. The van der Waals surface area contributed by atoms with E-state index in [1.807, 2.05) is 0 Å². The lowest BCUT2D eigenvalue weighted by Crippen LogP contribution is -2.42. The van der Waals surface area contributed by atoms with Crippen molar-refractivity contribution in [3.8, 4) is 11.5 Å². The molecule has 26 heavy (non-hydrogen) atoms. The van der Waals surface area contributed by atoms with Crippen LogP contribution in [0.4, 0.5) is 5.69 Å². The summed E-state index contributed by atoms with van der Waals surface area (Å²) in [7, 11) is -0.110. The van der Waals surface area contributed by atoms with Crippen molar-refractivity contribution in [1.29, 1.82) is 0 Å². The Bertz CT molecular complexity index is 777. The van der Waals surface area contributed by atoms with E-state index in [1.54, 1.807) is 25.1 Å². The predicted octanol–water partition coefficient (Wildman–Crippen LogP) is 1.07. The SMILES string of the molecule is CCN(C(=O)CC(=O)Nc1ccc(OC)cc1OC)C1CCS(=O)(=O)C1. The lowest BCUT2D eigenvalue weighted by Gasteiger charge is -2.26. The first kappa shape index (κ1) is 20.0. The van der Waals surface area contributed by atoms with Crippen molar-refractivity contribution in [2.24, 2.45) is 0 Å². The summed E-state index contributed by atoms with van der Waals surface area (Å²) in [5, 5.41) is 2.64. The van der Waals surface area contributed by atoms with Gasteiger partial charge in [0.1, 0.15) is 17.9 Å². The van der Waals surface area contributed by atoms with Gasteiger partial charge in [0.05, 0.1) is 31.4 Å². The molecule has 9 heteroatoms. The van der Waals surface area contributed by atoms with Crippen LogP contribution >= 0.6 is 0 Å². The normalized spacial score (nSPS) is 18.2. The Morgan fingerprint density at radius 2 is 2.00 bits per heavy atom. The van der Waals surface area contributed by atoms with Gasteiger partial charge in [0, 0.05) is 18.7 Å². The number of amides is 2. The Labute approximate surface area is 153 Å². The third-order valence-corrected chi connectivity index (χ3v) is 6.06. The Hall–Kier alpha value is -2.29. The highest BCUT2D eigenvalue weighted by atomic mass is 32.2. The number of nitrogens with one attached hydrogen (secondary N) is 1. The molecule has 0 aromatic heterocycles. The van der Waals surface area contributed by atoms with Gasteiger partial charge in [-0.15, -0.1) is 0 Å². The third kappa shape index (κ3) is 4.87. The molecule has 0 bridgehead atoms. The van der Waals surface area contributed by atoms with Crippen molar-refractivity contribution >= 4 is 27.3 Å². The van der Waals surface area contributed by atoms with E-state index in [0.717, 1.165) is 0 Å². The van der Waals surface area contributed by atoms with E-state index in [0.29, 0.717) is 30.2 Å². The monoisotopic (exact) mass is 384 g/mol. The van der Waals surface area contributed by atoms with Gasteiger partial charge in [0.25, 0.3) is 0 Å². The van der Waals surface area contributed by atoms with Crippen molar-refractivity contribution in [1.82, 2.24) is 4.90 Å². The molecule has 1 atom stereocenters. The molecule has 144 valence electrons. The van der Waals surface area contributed by atoms with Crippen LogP contribution in [0.3, 0.4) is 0 Å². The summed E-state index contributed by atoms with van der Waals surface area (Å²) in [5.74, 6) is 0.157. The van der Waals surface area contributed by atoms with Gasteiger partial charge in [-0.05, 0) is 25.5 Å². The number of methoxy groups -OCH3 is 2. The molecule has 1 saturated heterocycles. The van der Waals surface area contributed by atoms with Crippen molar-refractivity contribution in [3.63, 3.8) is 0 Å². The van der Waals surface area contributed by atoms with E-state index < -0.39 is 15.7 Å². The highest BCUT2D eigenvalue weighted by Gasteiger charge is 2.34. The maximum Gasteiger partial charge on any atom is 0.233 e. The number of rotatable bonds is 7. The molecule has 1 unspecified atom stereocenters. The maximum absolute atomic E-state index is 12.4. The number of hydrogen-bond donors (Lipinski definition) is 1. The first-order valence-corrected chi connectivity index (χ1v) is 10.1. The molecule has 8 nitrogen and oxygen atoms in total. The molecule has 0 saturated carbocycles. The van der Waals surface area contributed by atoms with Crippen LogP contribution in [0, 0.1) is 0 Å². The minimum absolute atomic E-state index is 0.0412. The summed E-state index contributed by atoms with van der Waals surface area (Å²) in [6, 6.07) is 4.56. The molecule has 1 aromatic carbocycles. The van der Waals surface area contributed by atoms with Gasteiger partial charge in [-0.2, -0.15) is 0 Å². The topological polar surface area (TPSA) is 102 Å². The maximum atomic E-state index is 12.4. The highest BCUT2D eigenvalue weighted by molar-refractivity contribution is 7.91. The molecule has 0 radical (unpaired) electrons. The zero-order valence-corrected chi connectivity index (χ0v) is 16.0. The fourth-order valence-electron chi connectivity index (χ4n) is 2.99. The number of sulfone groups is 1. The van der Waals surface area contributed by atoms with Crippen LogP contribution in [0.2, 0.25) is 0 Å². The lowest BCUT2D eigenvalue weighted by atomic mass is 10.2. The molecule has 0 spiro atoms. The summed E-state index contributed by atoms with van der Waals surface area (Å²) in [6.07, 6.45) is 0.0510.